The molecule has 0 unspecified atom stereocenters. The second-order valence-corrected chi connectivity index (χ2v) is 6.94. The Morgan fingerprint density at radius 3 is 2.93 bits per heavy atom. The number of aryl methyl sites for hydroxylation is 1. The maximum absolute atomic E-state index is 12.5. The number of hydrogen-bond donors (Lipinski definition) is 1. The zero-order valence-corrected chi connectivity index (χ0v) is 17.1. The average Bonchev–Trinajstić information content (AvgIpc) is 3.40. The van der Waals surface area contributed by atoms with Crippen LogP contribution in [-0.4, -0.2) is 32.6 Å². The molecule has 1 N–H and O–H groups in total. The number of ether oxygens (including phenoxy) is 1. The van der Waals surface area contributed by atoms with E-state index in [9.17, 15) is 4.79 Å². The zero-order chi connectivity index (χ0) is 21.1. The first-order valence-corrected chi connectivity index (χ1v) is 9.65. The minimum atomic E-state index is -0.107. The summed E-state index contributed by atoms with van der Waals surface area (Å²) in [5.74, 6) is 7.00. The maximum Gasteiger partial charge on any atom is 0.255 e. The summed E-state index contributed by atoms with van der Waals surface area (Å²) in [7, 11) is 1.55. The lowest BCUT2D eigenvalue weighted by molar-refractivity contribution is -0.112. The van der Waals surface area contributed by atoms with Crippen molar-refractivity contribution >= 4 is 17.2 Å². The SMILES string of the molecule is CCC1=CC(C(=O)Nc2ccc(C)c(C#Cc3nnc4cnc(OC)cn34)c2)=CC1. The van der Waals surface area contributed by atoms with Crippen LogP contribution < -0.4 is 10.1 Å². The van der Waals surface area contributed by atoms with Gasteiger partial charge in [-0.15, -0.1) is 10.2 Å². The Hall–Kier alpha value is -3.92. The van der Waals surface area contributed by atoms with Crippen LogP contribution in [0.25, 0.3) is 5.65 Å². The van der Waals surface area contributed by atoms with E-state index in [2.05, 4.69) is 39.3 Å². The Balaban J connectivity index is 1.58. The molecule has 2 aromatic heterocycles. The molecule has 0 bridgehead atoms. The predicted molar refractivity (Wildman–Crippen MR) is 114 cm³/mol. The van der Waals surface area contributed by atoms with Gasteiger partial charge in [0.25, 0.3) is 5.91 Å². The largest absolute Gasteiger partial charge is 0.480 e. The van der Waals surface area contributed by atoms with E-state index in [4.69, 9.17) is 4.74 Å². The van der Waals surface area contributed by atoms with E-state index in [0.29, 0.717) is 28.6 Å². The van der Waals surface area contributed by atoms with Crippen molar-refractivity contribution in [2.75, 3.05) is 12.4 Å². The predicted octanol–water partition coefficient (Wildman–Crippen LogP) is 3.45. The molecule has 7 heteroatoms. The Kier molecular flexibility index (Phi) is 5.31. The van der Waals surface area contributed by atoms with Gasteiger partial charge in [0, 0.05) is 16.8 Å². The van der Waals surface area contributed by atoms with Gasteiger partial charge in [-0.25, -0.2) is 4.98 Å². The molecule has 1 aromatic carbocycles. The second-order valence-electron chi connectivity index (χ2n) is 6.94. The monoisotopic (exact) mass is 399 g/mol. The van der Waals surface area contributed by atoms with E-state index >= 15 is 0 Å². The van der Waals surface area contributed by atoms with Crippen molar-refractivity contribution in [3.63, 3.8) is 0 Å². The first kappa shape index (κ1) is 19.4. The van der Waals surface area contributed by atoms with Crippen molar-refractivity contribution in [3.8, 4) is 17.7 Å². The molecular weight excluding hydrogens is 378 g/mol. The summed E-state index contributed by atoms with van der Waals surface area (Å²) >= 11 is 0. The molecule has 1 amide bonds. The van der Waals surface area contributed by atoms with Gasteiger partial charge < -0.3 is 10.1 Å². The highest BCUT2D eigenvalue weighted by atomic mass is 16.5. The Morgan fingerprint density at radius 2 is 2.17 bits per heavy atom. The van der Waals surface area contributed by atoms with Crippen molar-refractivity contribution in [3.05, 3.63) is 70.8 Å². The van der Waals surface area contributed by atoms with Crippen molar-refractivity contribution in [2.24, 2.45) is 0 Å². The smallest absolute Gasteiger partial charge is 0.255 e. The average molecular weight is 399 g/mol. The standard InChI is InChI=1S/C23H21N5O2/c1-4-16-6-7-18(11-16)23(29)25-19-9-5-15(2)17(12-19)8-10-20-26-27-21-13-24-22(30-3)14-28(20)21/h5,7,9,11-14H,4,6H2,1-3H3,(H,25,29). The highest BCUT2D eigenvalue weighted by molar-refractivity contribution is 6.06. The number of aromatic nitrogens is 4. The van der Waals surface area contributed by atoms with Gasteiger partial charge in [0.1, 0.15) is 0 Å². The molecule has 0 aliphatic heterocycles. The molecule has 0 atom stereocenters. The first-order valence-electron chi connectivity index (χ1n) is 9.65. The number of carbonyl (C=O) groups excluding carboxylic acids is 1. The number of methoxy groups -OCH3 is 1. The second kappa shape index (κ2) is 8.21. The van der Waals surface area contributed by atoms with Crippen LogP contribution in [0.5, 0.6) is 5.88 Å². The lowest BCUT2D eigenvalue weighted by Crippen LogP contribution is -2.12. The molecular formula is C23H21N5O2. The molecule has 2 heterocycles. The van der Waals surface area contributed by atoms with Crippen molar-refractivity contribution in [1.82, 2.24) is 19.6 Å². The van der Waals surface area contributed by atoms with Crippen LogP contribution in [0, 0.1) is 18.8 Å². The fraction of sp³-hybridized carbons (Fsp3) is 0.217. The summed E-state index contributed by atoms with van der Waals surface area (Å²) in [6, 6.07) is 5.68. The fourth-order valence-corrected chi connectivity index (χ4v) is 3.12. The van der Waals surface area contributed by atoms with Gasteiger partial charge >= 0.3 is 0 Å². The molecule has 1 aliphatic carbocycles. The normalized spacial score (nSPS) is 12.8. The van der Waals surface area contributed by atoms with E-state index in [1.807, 2.05) is 37.3 Å². The van der Waals surface area contributed by atoms with Gasteiger partial charge in [-0.05, 0) is 43.4 Å². The molecule has 0 saturated heterocycles. The Bertz CT molecular complexity index is 1260. The Morgan fingerprint density at radius 1 is 1.30 bits per heavy atom. The molecule has 30 heavy (non-hydrogen) atoms. The number of nitrogens with zero attached hydrogens (tertiary/aromatic N) is 4. The number of anilines is 1. The zero-order valence-electron chi connectivity index (χ0n) is 17.1. The summed E-state index contributed by atoms with van der Waals surface area (Å²) in [6.45, 7) is 4.07. The number of nitrogens with one attached hydrogen (secondary N) is 1. The topological polar surface area (TPSA) is 81.4 Å². The molecule has 4 rings (SSSR count). The summed E-state index contributed by atoms with van der Waals surface area (Å²) in [6.07, 6.45) is 8.99. The van der Waals surface area contributed by atoms with Gasteiger partial charge in [-0.2, -0.15) is 0 Å². The Labute approximate surface area is 174 Å². The van der Waals surface area contributed by atoms with Gasteiger partial charge in [0.15, 0.2) is 5.65 Å². The molecule has 3 aromatic rings. The number of amides is 1. The van der Waals surface area contributed by atoms with Crippen LogP contribution in [0.2, 0.25) is 0 Å². The summed E-state index contributed by atoms with van der Waals surface area (Å²) in [4.78, 5) is 16.6. The van der Waals surface area contributed by atoms with Crippen molar-refractivity contribution < 1.29 is 9.53 Å². The molecule has 0 fully saturated rings. The van der Waals surface area contributed by atoms with Crippen LogP contribution >= 0.6 is 0 Å². The number of carbonyl (C=O) groups is 1. The molecule has 0 radical (unpaired) electrons. The third-order valence-electron chi connectivity index (χ3n) is 4.94. The minimum absolute atomic E-state index is 0.107. The molecule has 7 nitrogen and oxygen atoms in total. The minimum Gasteiger partial charge on any atom is -0.480 e. The van der Waals surface area contributed by atoms with Crippen LogP contribution in [0.3, 0.4) is 0 Å². The van der Waals surface area contributed by atoms with Gasteiger partial charge in [-0.1, -0.05) is 36.6 Å². The molecule has 0 spiro atoms. The quantitative estimate of drug-likeness (QED) is 0.680. The highest BCUT2D eigenvalue weighted by Gasteiger charge is 2.13. The van der Waals surface area contributed by atoms with Crippen molar-refractivity contribution in [2.45, 2.75) is 26.7 Å². The third-order valence-corrected chi connectivity index (χ3v) is 4.94. The number of allylic oxidation sites excluding steroid dienone is 2. The maximum atomic E-state index is 12.5. The van der Waals surface area contributed by atoms with E-state index < -0.39 is 0 Å². The van der Waals surface area contributed by atoms with Gasteiger partial charge in [0.05, 0.1) is 19.5 Å². The van der Waals surface area contributed by atoms with Crippen LogP contribution in [-0.2, 0) is 4.79 Å². The lowest BCUT2D eigenvalue weighted by Gasteiger charge is -2.07. The highest BCUT2D eigenvalue weighted by Crippen LogP contribution is 2.22. The third kappa shape index (κ3) is 3.94. The van der Waals surface area contributed by atoms with Crippen LogP contribution in [0.1, 0.15) is 36.7 Å². The van der Waals surface area contributed by atoms with Gasteiger partial charge in [-0.3, -0.25) is 9.20 Å². The molecule has 150 valence electrons. The number of benzene rings is 1. The van der Waals surface area contributed by atoms with E-state index in [0.717, 1.165) is 24.0 Å². The first-order chi connectivity index (χ1) is 14.6. The summed E-state index contributed by atoms with van der Waals surface area (Å²) in [5.41, 5.74) is 5.06. The number of fused-ring (bicyclic) bond motifs is 1. The van der Waals surface area contributed by atoms with Crippen molar-refractivity contribution in [1.29, 1.82) is 0 Å². The molecule has 1 aliphatic rings. The number of rotatable bonds is 4. The van der Waals surface area contributed by atoms with Gasteiger partial charge in [0.2, 0.25) is 11.7 Å². The summed E-state index contributed by atoms with van der Waals surface area (Å²) < 4.78 is 6.88. The van der Waals surface area contributed by atoms with E-state index in [-0.39, 0.29) is 5.91 Å². The number of hydrogen-bond acceptors (Lipinski definition) is 5. The van der Waals surface area contributed by atoms with E-state index in [1.165, 1.54) is 5.57 Å². The lowest BCUT2D eigenvalue weighted by atomic mass is 10.1. The summed E-state index contributed by atoms with van der Waals surface area (Å²) in [5, 5.41) is 11.1. The van der Waals surface area contributed by atoms with Crippen LogP contribution in [0.4, 0.5) is 5.69 Å². The van der Waals surface area contributed by atoms with E-state index in [1.54, 1.807) is 23.9 Å². The molecule has 0 saturated carbocycles. The fourth-order valence-electron chi connectivity index (χ4n) is 3.12. The van der Waals surface area contributed by atoms with Crippen LogP contribution in [0.15, 0.2) is 53.9 Å².